The van der Waals surface area contributed by atoms with Gasteiger partial charge in [0.25, 0.3) is 0 Å². The highest BCUT2D eigenvalue weighted by molar-refractivity contribution is 5.79. The summed E-state index contributed by atoms with van der Waals surface area (Å²) in [6.07, 6.45) is 1.07. The summed E-state index contributed by atoms with van der Waals surface area (Å²) in [6.45, 7) is 9.10. The number of aryl methyl sites for hydroxylation is 1. The molecule has 1 saturated heterocycles. The first-order chi connectivity index (χ1) is 15.2. The Hall–Kier alpha value is -2.57. The summed E-state index contributed by atoms with van der Waals surface area (Å²) in [5.74, 6) is 2.17. The Morgan fingerprint density at radius 3 is 2.71 bits per heavy atom. The third-order valence-electron chi connectivity index (χ3n) is 5.34. The van der Waals surface area contributed by atoms with Gasteiger partial charge in [0.1, 0.15) is 5.75 Å². The molecule has 1 fully saturated rings. The lowest BCUT2D eigenvalue weighted by molar-refractivity contribution is 0.166. The lowest BCUT2D eigenvalue weighted by Gasteiger charge is -2.16. The molecule has 31 heavy (non-hydrogen) atoms. The van der Waals surface area contributed by atoms with Crippen LogP contribution in [-0.4, -0.2) is 39.4 Å². The molecule has 1 aliphatic rings. The molecule has 2 aromatic rings. The van der Waals surface area contributed by atoms with Crippen LogP contribution in [-0.2, 0) is 29.2 Å². The van der Waals surface area contributed by atoms with Gasteiger partial charge in [-0.25, -0.2) is 4.99 Å². The molecule has 6 heteroatoms. The third kappa shape index (κ3) is 7.26. The van der Waals surface area contributed by atoms with Crippen LogP contribution in [0.4, 0.5) is 0 Å². The third-order valence-corrected chi connectivity index (χ3v) is 5.34. The molecular formula is C25H35N3O3. The van der Waals surface area contributed by atoms with E-state index in [0.717, 1.165) is 43.5 Å². The molecule has 168 valence electrons. The second kappa shape index (κ2) is 12.3. The van der Waals surface area contributed by atoms with Gasteiger partial charge in [0.15, 0.2) is 5.96 Å². The predicted octanol–water partition coefficient (Wildman–Crippen LogP) is 3.81. The van der Waals surface area contributed by atoms with E-state index in [1.807, 2.05) is 12.1 Å². The molecule has 6 nitrogen and oxygen atoms in total. The average Bonchev–Trinajstić information content (AvgIpc) is 3.30. The normalized spacial score (nSPS) is 16.4. The Morgan fingerprint density at radius 1 is 1.13 bits per heavy atom. The first-order valence-corrected chi connectivity index (χ1v) is 11.1. The molecule has 3 rings (SSSR count). The molecule has 0 spiro atoms. The van der Waals surface area contributed by atoms with Crippen molar-refractivity contribution in [3.8, 4) is 5.75 Å². The Labute approximate surface area is 186 Å². The first-order valence-electron chi connectivity index (χ1n) is 11.1. The minimum Gasteiger partial charge on any atom is -0.493 e. The smallest absolute Gasteiger partial charge is 0.191 e. The van der Waals surface area contributed by atoms with Crippen molar-refractivity contribution in [1.29, 1.82) is 0 Å². The van der Waals surface area contributed by atoms with E-state index in [-0.39, 0.29) is 0 Å². The van der Waals surface area contributed by atoms with E-state index >= 15 is 0 Å². The van der Waals surface area contributed by atoms with E-state index in [4.69, 9.17) is 19.2 Å². The van der Waals surface area contributed by atoms with E-state index < -0.39 is 0 Å². The van der Waals surface area contributed by atoms with E-state index in [2.05, 4.69) is 54.8 Å². The fourth-order valence-corrected chi connectivity index (χ4v) is 3.56. The zero-order chi connectivity index (χ0) is 21.9. The Kier molecular flexibility index (Phi) is 9.18. The highest BCUT2D eigenvalue weighted by Crippen LogP contribution is 2.23. The molecule has 1 aliphatic heterocycles. The summed E-state index contributed by atoms with van der Waals surface area (Å²) >= 11 is 0. The van der Waals surface area contributed by atoms with Gasteiger partial charge in [-0.15, -0.1) is 0 Å². The Morgan fingerprint density at radius 2 is 1.97 bits per heavy atom. The molecule has 1 atom stereocenters. The minimum atomic E-state index is 0.475. The van der Waals surface area contributed by atoms with Crippen LogP contribution in [0.5, 0.6) is 5.75 Å². The van der Waals surface area contributed by atoms with Crippen molar-refractivity contribution in [1.82, 2.24) is 10.6 Å². The second-order valence-electron chi connectivity index (χ2n) is 7.90. The van der Waals surface area contributed by atoms with Gasteiger partial charge in [-0.05, 0) is 43.0 Å². The van der Waals surface area contributed by atoms with Gasteiger partial charge < -0.3 is 24.8 Å². The van der Waals surface area contributed by atoms with Crippen LogP contribution in [0.1, 0.15) is 35.6 Å². The van der Waals surface area contributed by atoms with Crippen LogP contribution in [0.3, 0.4) is 0 Å². The number of guanidine groups is 1. The number of nitrogens with one attached hydrogen (secondary N) is 2. The monoisotopic (exact) mass is 425 g/mol. The maximum absolute atomic E-state index is 6.16. The van der Waals surface area contributed by atoms with Crippen molar-refractivity contribution in [2.45, 2.75) is 40.0 Å². The van der Waals surface area contributed by atoms with Crippen molar-refractivity contribution in [2.24, 2.45) is 10.9 Å². The minimum absolute atomic E-state index is 0.475. The SMILES string of the molecule is CCNC(=NCc1ccc(C)cc1OCC1CCOC1)NCc1ccccc1COC. The highest BCUT2D eigenvalue weighted by Gasteiger charge is 2.17. The molecule has 0 amide bonds. The molecule has 2 N–H and O–H groups in total. The van der Waals surface area contributed by atoms with E-state index in [0.29, 0.717) is 32.2 Å². The predicted molar refractivity (Wildman–Crippen MR) is 124 cm³/mol. The van der Waals surface area contributed by atoms with Crippen molar-refractivity contribution < 1.29 is 14.2 Å². The van der Waals surface area contributed by atoms with Crippen molar-refractivity contribution in [3.05, 3.63) is 64.7 Å². The fourth-order valence-electron chi connectivity index (χ4n) is 3.56. The summed E-state index contributed by atoms with van der Waals surface area (Å²) in [5, 5.41) is 6.77. The molecule has 0 aromatic heterocycles. The van der Waals surface area contributed by atoms with Gasteiger partial charge in [-0.2, -0.15) is 0 Å². The van der Waals surface area contributed by atoms with E-state index in [1.165, 1.54) is 16.7 Å². The molecule has 0 bridgehead atoms. The van der Waals surface area contributed by atoms with Crippen LogP contribution < -0.4 is 15.4 Å². The molecule has 0 saturated carbocycles. The molecule has 1 unspecified atom stereocenters. The largest absolute Gasteiger partial charge is 0.493 e. The number of rotatable bonds is 10. The molecule has 0 aliphatic carbocycles. The standard InChI is InChI=1S/C25H35N3O3/c1-4-26-25(27-14-21-7-5-6-8-23(21)18-29-3)28-15-22-10-9-19(2)13-24(22)31-17-20-11-12-30-16-20/h5-10,13,20H,4,11-12,14-18H2,1-3H3,(H2,26,27,28). The summed E-state index contributed by atoms with van der Waals surface area (Å²) in [5.41, 5.74) is 4.65. The van der Waals surface area contributed by atoms with Crippen LogP contribution in [0.15, 0.2) is 47.5 Å². The number of aliphatic imine (C=N–C) groups is 1. The average molecular weight is 426 g/mol. The van der Waals surface area contributed by atoms with Gasteiger partial charge in [0.2, 0.25) is 0 Å². The molecule has 2 aromatic carbocycles. The highest BCUT2D eigenvalue weighted by atomic mass is 16.5. The lowest BCUT2D eigenvalue weighted by atomic mass is 10.1. The van der Waals surface area contributed by atoms with Crippen LogP contribution >= 0.6 is 0 Å². The quantitative estimate of drug-likeness (QED) is 0.448. The second-order valence-corrected chi connectivity index (χ2v) is 7.90. The number of ether oxygens (including phenoxy) is 3. The topological polar surface area (TPSA) is 64.1 Å². The van der Waals surface area contributed by atoms with Gasteiger partial charge in [0.05, 0.1) is 26.4 Å². The number of nitrogens with zero attached hydrogens (tertiary/aromatic N) is 1. The maximum Gasteiger partial charge on any atom is 0.191 e. The molecule has 1 heterocycles. The van der Waals surface area contributed by atoms with E-state index in [1.54, 1.807) is 7.11 Å². The summed E-state index contributed by atoms with van der Waals surface area (Å²) in [4.78, 5) is 4.80. The number of benzene rings is 2. The number of methoxy groups -OCH3 is 1. The van der Waals surface area contributed by atoms with Crippen molar-refractivity contribution in [3.63, 3.8) is 0 Å². The molecular weight excluding hydrogens is 390 g/mol. The summed E-state index contributed by atoms with van der Waals surface area (Å²) in [6, 6.07) is 14.6. The van der Waals surface area contributed by atoms with Crippen LogP contribution in [0, 0.1) is 12.8 Å². The van der Waals surface area contributed by atoms with Gasteiger partial charge >= 0.3 is 0 Å². The van der Waals surface area contributed by atoms with Crippen molar-refractivity contribution >= 4 is 5.96 Å². The fraction of sp³-hybridized carbons (Fsp3) is 0.480. The lowest BCUT2D eigenvalue weighted by Crippen LogP contribution is -2.37. The first kappa shape index (κ1) is 23.1. The number of hydrogen-bond donors (Lipinski definition) is 2. The van der Waals surface area contributed by atoms with Gasteiger partial charge in [-0.3, -0.25) is 0 Å². The van der Waals surface area contributed by atoms with Gasteiger partial charge in [-0.1, -0.05) is 36.4 Å². The maximum atomic E-state index is 6.16. The number of hydrogen-bond acceptors (Lipinski definition) is 4. The summed E-state index contributed by atoms with van der Waals surface area (Å²) < 4.78 is 16.9. The van der Waals surface area contributed by atoms with E-state index in [9.17, 15) is 0 Å². The van der Waals surface area contributed by atoms with Crippen LogP contribution in [0.25, 0.3) is 0 Å². The van der Waals surface area contributed by atoms with Crippen molar-refractivity contribution in [2.75, 3.05) is 33.5 Å². The van der Waals surface area contributed by atoms with Crippen LogP contribution in [0.2, 0.25) is 0 Å². The summed E-state index contributed by atoms with van der Waals surface area (Å²) in [7, 11) is 1.72. The zero-order valence-corrected chi connectivity index (χ0v) is 18.9. The van der Waals surface area contributed by atoms with Gasteiger partial charge in [0, 0.05) is 38.3 Å². The Bertz CT molecular complexity index is 848. The Balaban J connectivity index is 1.65. The zero-order valence-electron chi connectivity index (χ0n) is 18.9. The molecule has 0 radical (unpaired) electrons.